The Kier molecular flexibility index (Phi) is 4.93. The molecule has 1 atom stereocenters. The van der Waals surface area contributed by atoms with Crippen LogP contribution in [0.1, 0.15) is 0 Å². The highest BCUT2D eigenvalue weighted by molar-refractivity contribution is 7.30. The summed E-state index contributed by atoms with van der Waals surface area (Å²) >= 11 is 0. The third-order valence-electron chi connectivity index (χ3n) is 0.209. The summed E-state index contributed by atoms with van der Waals surface area (Å²) in [7, 11) is -1.01. The summed E-state index contributed by atoms with van der Waals surface area (Å²) in [5, 5.41) is 0. The van der Waals surface area contributed by atoms with E-state index in [4.69, 9.17) is 0 Å². The zero-order valence-corrected chi connectivity index (χ0v) is 3.99. The maximum Gasteiger partial charge on any atom is 0.188 e. The third-order valence-corrected chi connectivity index (χ3v) is 0.489. The topological polar surface area (TPSA) is 12.4 Å². The Morgan fingerprint density at radius 2 is 2.50 bits per heavy atom. The lowest BCUT2D eigenvalue weighted by molar-refractivity contribution is 0.588. The first-order valence-electron chi connectivity index (χ1n) is 1.35. The van der Waals surface area contributed by atoms with Gasteiger partial charge in [0.15, 0.2) is 9.04 Å². The van der Waals surface area contributed by atoms with Gasteiger partial charge in [0.1, 0.15) is 6.67 Å². The average molecular weight is 111 g/mol. The van der Waals surface area contributed by atoms with Crippen LogP contribution in [0.3, 0.4) is 0 Å². The molecule has 0 bridgehead atoms. The molecule has 1 unspecified atom stereocenters. The van der Waals surface area contributed by atoms with Gasteiger partial charge in [-0.3, -0.25) is 0 Å². The van der Waals surface area contributed by atoms with Crippen molar-refractivity contribution >= 4 is 15.3 Å². The minimum Gasteiger partial charge on any atom is -0.245 e. The van der Waals surface area contributed by atoms with Crippen molar-refractivity contribution in [1.82, 2.24) is 0 Å². The van der Waals surface area contributed by atoms with Crippen LogP contribution in [0.4, 0.5) is 8.59 Å². The number of rotatable bonds is 2. The fraction of sp³-hybridized carbons (Fsp3) is 0.500. The lowest BCUT2D eigenvalue weighted by Gasteiger charge is -1.68. The number of nitrogens with zero attached hydrogens (tertiary/aromatic N) is 1. The molecule has 0 aliphatic rings. The van der Waals surface area contributed by atoms with Crippen molar-refractivity contribution in [3.8, 4) is 0 Å². The fourth-order valence-electron chi connectivity index (χ4n) is 0.0690. The van der Waals surface area contributed by atoms with Crippen molar-refractivity contribution in [1.29, 1.82) is 0 Å². The zero-order valence-electron chi connectivity index (χ0n) is 2.99. The van der Waals surface area contributed by atoms with Crippen LogP contribution in [0.5, 0.6) is 0 Å². The Morgan fingerprint density at radius 3 is 2.67 bits per heavy atom. The summed E-state index contributed by atoms with van der Waals surface area (Å²) < 4.78 is 24.7. The van der Waals surface area contributed by atoms with E-state index in [2.05, 4.69) is 4.76 Å². The van der Waals surface area contributed by atoms with E-state index >= 15 is 0 Å². The molecule has 0 aliphatic carbocycles. The summed E-state index contributed by atoms with van der Waals surface area (Å²) in [4.78, 5) is 0. The molecular weight excluding hydrogens is 107 g/mol. The zero-order chi connectivity index (χ0) is 4.83. The smallest absolute Gasteiger partial charge is 0.188 e. The summed E-state index contributed by atoms with van der Waals surface area (Å²) in [5.41, 5.74) is 0. The molecule has 0 aromatic carbocycles. The number of halogens is 2. The summed E-state index contributed by atoms with van der Waals surface area (Å²) in [5.74, 6) is 0. The quantitative estimate of drug-likeness (QED) is 0.378. The lowest BCUT2D eigenvalue weighted by atomic mass is 10.9. The molecule has 6 heavy (non-hydrogen) atoms. The molecule has 0 radical (unpaired) electrons. The van der Waals surface area contributed by atoms with Crippen LogP contribution >= 0.6 is 9.04 Å². The molecule has 0 amide bonds. The van der Waals surface area contributed by atoms with Gasteiger partial charge >= 0.3 is 0 Å². The highest BCUT2D eigenvalue weighted by atomic mass is 31.1. The van der Waals surface area contributed by atoms with Gasteiger partial charge in [-0.1, -0.05) is 0 Å². The van der Waals surface area contributed by atoms with E-state index in [1.807, 2.05) is 0 Å². The molecule has 36 valence electrons. The van der Waals surface area contributed by atoms with Crippen molar-refractivity contribution in [2.45, 2.75) is 0 Å². The predicted molar refractivity (Wildman–Crippen MR) is 23.9 cm³/mol. The second-order valence-corrected chi connectivity index (χ2v) is 0.978. The Balaban J connectivity index is 2.73. The third kappa shape index (κ3) is 3.96. The molecular formula is C2H4F2NP. The monoisotopic (exact) mass is 111 g/mol. The normalized spacial score (nSPS) is 12.3. The predicted octanol–water partition coefficient (Wildman–Crippen LogP) is 1.50. The van der Waals surface area contributed by atoms with Gasteiger partial charge in [-0.15, -0.1) is 0 Å². The van der Waals surface area contributed by atoms with E-state index < -0.39 is 15.7 Å². The highest BCUT2D eigenvalue weighted by Gasteiger charge is 1.66. The SMILES string of the molecule is FCC=NPF. The second-order valence-electron chi connectivity index (χ2n) is 0.550. The van der Waals surface area contributed by atoms with E-state index in [1.165, 1.54) is 0 Å². The second kappa shape index (κ2) is 4.96. The van der Waals surface area contributed by atoms with Crippen LogP contribution in [0.15, 0.2) is 4.76 Å². The lowest BCUT2D eigenvalue weighted by Crippen LogP contribution is -1.66. The van der Waals surface area contributed by atoms with E-state index in [-0.39, 0.29) is 0 Å². The minimum absolute atomic E-state index is 0.670. The Morgan fingerprint density at radius 1 is 1.83 bits per heavy atom. The van der Waals surface area contributed by atoms with Crippen molar-refractivity contribution in [2.24, 2.45) is 4.76 Å². The average Bonchev–Trinajstić information content (AvgIpc) is 1.61. The van der Waals surface area contributed by atoms with Crippen LogP contribution in [0, 0.1) is 0 Å². The van der Waals surface area contributed by atoms with E-state index in [0.29, 0.717) is 0 Å². The minimum atomic E-state index is -1.01. The van der Waals surface area contributed by atoms with Crippen LogP contribution < -0.4 is 0 Å². The summed E-state index contributed by atoms with van der Waals surface area (Å²) in [6, 6.07) is 0. The van der Waals surface area contributed by atoms with Gasteiger partial charge in [0.2, 0.25) is 0 Å². The van der Waals surface area contributed by atoms with Gasteiger partial charge in [0, 0.05) is 6.21 Å². The Labute approximate surface area is 36.4 Å². The summed E-state index contributed by atoms with van der Waals surface area (Å²) in [6.07, 6.45) is 0.901. The maximum atomic E-state index is 10.9. The molecule has 4 heteroatoms. The summed E-state index contributed by atoms with van der Waals surface area (Å²) in [6.45, 7) is -0.670. The van der Waals surface area contributed by atoms with Crippen molar-refractivity contribution < 1.29 is 8.59 Å². The van der Waals surface area contributed by atoms with E-state index in [9.17, 15) is 8.59 Å². The fourth-order valence-corrected chi connectivity index (χ4v) is 0.207. The molecule has 0 rings (SSSR count). The van der Waals surface area contributed by atoms with Crippen molar-refractivity contribution in [3.63, 3.8) is 0 Å². The van der Waals surface area contributed by atoms with E-state index in [0.717, 1.165) is 6.21 Å². The van der Waals surface area contributed by atoms with Crippen molar-refractivity contribution in [3.05, 3.63) is 0 Å². The van der Waals surface area contributed by atoms with Crippen LogP contribution in [-0.2, 0) is 0 Å². The van der Waals surface area contributed by atoms with Gasteiger partial charge in [0.05, 0.1) is 0 Å². The first-order chi connectivity index (χ1) is 2.91. The molecule has 0 saturated carbocycles. The molecule has 0 aromatic heterocycles. The Hall–Kier alpha value is -0.0400. The van der Waals surface area contributed by atoms with Gasteiger partial charge in [0.25, 0.3) is 0 Å². The number of hydrogen-bond donors (Lipinski definition) is 0. The highest BCUT2D eigenvalue weighted by Crippen LogP contribution is 2.08. The molecule has 0 fully saturated rings. The molecule has 0 heterocycles. The first kappa shape index (κ1) is 5.96. The molecule has 1 nitrogen and oxygen atoms in total. The molecule has 0 spiro atoms. The first-order valence-corrected chi connectivity index (χ1v) is 2.17. The van der Waals surface area contributed by atoms with Gasteiger partial charge in [-0.25, -0.2) is 13.4 Å². The molecule has 0 aromatic rings. The standard InChI is InChI=1S/C2H4F2NP/c3-1-2-5-6-4/h2,6H,1H2. The largest absolute Gasteiger partial charge is 0.245 e. The van der Waals surface area contributed by atoms with Gasteiger partial charge in [-0.05, 0) is 0 Å². The number of alkyl halides is 1. The van der Waals surface area contributed by atoms with Crippen LogP contribution in [0.2, 0.25) is 0 Å². The molecule has 0 aliphatic heterocycles. The van der Waals surface area contributed by atoms with Crippen molar-refractivity contribution in [2.75, 3.05) is 6.67 Å². The van der Waals surface area contributed by atoms with Gasteiger partial charge < -0.3 is 0 Å². The van der Waals surface area contributed by atoms with E-state index in [1.54, 1.807) is 0 Å². The van der Waals surface area contributed by atoms with Crippen LogP contribution in [0.25, 0.3) is 0 Å². The molecule has 0 N–H and O–H groups in total. The van der Waals surface area contributed by atoms with Gasteiger partial charge in [-0.2, -0.15) is 0 Å². The van der Waals surface area contributed by atoms with Crippen LogP contribution in [-0.4, -0.2) is 12.9 Å². The number of hydrogen-bond acceptors (Lipinski definition) is 1. The Bertz CT molecular complexity index is 40.8. The maximum absolute atomic E-state index is 10.9. The molecule has 0 saturated heterocycles.